The number of nitrogens with zero attached hydrogens (tertiary/aromatic N) is 1. The molecular weight excluding hydrogens is 408 g/mol. The lowest BCUT2D eigenvalue weighted by Crippen LogP contribution is -2.37. The molecule has 0 aromatic heterocycles. The van der Waals surface area contributed by atoms with Crippen molar-refractivity contribution in [2.75, 3.05) is 19.6 Å². The van der Waals surface area contributed by atoms with Crippen molar-refractivity contribution < 1.29 is 19.0 Å². The van der Waals surface area contributed by atoms with Crippen LogP contribution >= 0.6 is 0 Å². The van der Waals surface area contributed by atoms with Crippen LogP contribution in [0.25, 0.3) is 0 Å². The standard InChI is InChI=1S/C27H43F2NO2/c1-18(9-12-30-13-10-21(17-30)26(28)29)24-7-8-25-20(4-3-11-27(24,25)2)6-5-19-14-22(31)16-23(32)15-19/h5-6,18,21-26,31-32H,3-4,7-17H2,1-2H3/b20-6+/t18?,21-,22+,23+,24+,25-,27+/m0/s1. The zero-order valence-electron chi connectivity index (χ0n) is 20.0. The number of hydrogen-bond acceptors (Lipinski definition) is 3. The van der Waals surface area contributed by atoms with Crippen LogP contribution in [-0.4, -0.2) is 53.4 Å². The van der Waals surface area contributed by atoms with Crippen LogP contribution in [0.2, 0.25) is 0 Å². The number of hydrogen-bond donors (Lipinski definition) is 2. The van der Waals surface area contributed by atoms with Crippen molar-refractivity contribution in [1.29, 1.82) is 0 Å². The van der Waals surface area contributed by atoms with Gasteiger partial charge >= 0.3 is 0 Å². The summed E-state index contributed by atoms with van der Waals surface area (Å²) in [4.78, 5) is 2.26. The van der Waals surface area contributed by atoms with Crippen LogP contribution < -0.4 is 0 Å². The third-order valence-corrected chi connectivity index (χ3v) is 9.36. The summed E-state index contributed by atoms with van der Waals surface area (Å²) in [6.07, 6.45) is 11.4. The summed E-state index contributed by atoms with van der Waals surface area (Å²) >= 11 is 0. The summed E-state index contributed by atoms with van der Waals surface area (Å²) < 4.78 is 26.0. The molecule has 4 fully saturated rings. The van der Waals surface area contributed by atoms with Gasteiger partial charge in [0.25, 0.3) is 0 Å². The van der Waals surface area contributed by atoms with Gasteiger partial charge in [0.15, 0.2) is 0 Å². The summed E-state index contributed by atoms with van der Waals surface area (Å²) in [6.45, 7) is 7.25. The van der Waals surface area contributed by atoms with E-state index in [0.29, 0.717) is 55.4 Å². The van der Waals surface area contributed by atoms with E-state index in [1.807, 2.05) is 0 Å². The molecule has 3 nitrogen and oxygen atoms in total. The lowest BCUT2D eigenvalue weighted by molar-refractivity contribution is 0.0609. The Kier molecular flexibility index (Phi) is 7.78. The van der Waals surface area contributed by atoms with Gasteiger partial charge in [0.2, 0.25) is 6.43 Å². The molecule has 0 bridgehead atoms. The van der Waals surface area contributed by atoms with Gasteiger partial charge in [-0.25, -0.2) is 8.78 Å². The van der Waals surface area contributed by atoms with Gasteiger partial charge in [-0.15, -0.1) is 0 Å². The van der Waals surface area contributed by atoms with Gasteiger partial charge in [0.1, 0.15) is 0 Å². The van der Waals surface area contributed by atoms with Crippen molar-refractivity contribution in [2.45, 2.75) is 96.7 Å². The maximum atomic E-state index is 13.0. The fraction of sp³-hybridized carbons (Fsp3) is 0.852. The first-order valence-corrected chi connectivity index (χ1v) is 13.0. The van der Waals surface area contributed by atoms with E-state index >= 15 is 0 Å². The Morgan fingerprint density at radius 1 is 1.12 bits per heavy atom. The molecule has 3 saturated carbocycles. The van der Waals surface area contributed by atoms with Gasteiger partial charge in [-0.2, -0.15) is 0 Å². The lowest BCUT2D eigenvalue weighted by atomic mass is 9.61. The first kappa shape index (κ1) is 24.3. The Hall–Kier alpha value is -0.780. The molecule has 2 N–H and O–H groups in total. The van der Waals surface area contributed by atoms with E-state index in [2.05, 4.69) is 30.9 Å². The quantitative estimate of drug-likeness (QED) is 0.554. The molecule has 1 unspecified atom stereocenters. The first-order chi connectivity index (χ1) is 15.3. The molecule has 0 aromatic carbocycles. The average Bonchev–Trinajstić information content (AvgIpc) is 3.34. The Bertz CT molecular complexity index is 696. The number of allylic oxidation sites excluding steroid dienone is 3. The number of halogens is 2. The number of aliphatic hydroxyl groups excluding tert-OH is 2. The zero-order chi connectivity index (χ0) is 22.9. The van der Waals surface area contributed by atoms with E-state index in [0.717, 1.165) is 19.5 Å². The predicted octanol–water partition coefficient (Wildman–Crippen LogP) is 5.57. The molecule has 4 aliphatic rings. The summed E-state index contributed by atoms with van der Waals surface area (Å²) in [5.74, 6) is 1.53. The minimum absolute atomic E-state index is 0.337. The number of fused-ring (bicyclic) bond motifs is 1. The average molecular weight is 452 g/mol. The maximum Gasteiger partial charge on any atom is 0.242 e. The van der Waals surface area contributed by atoms with Crippen molar-refractivity contribution in [3.63, 3.8) is 0 Å². The van der Waals surface area contributed by atoms with Gasteiger partial charge in [-0.05, 0) is 100 Å². The van der Waals surface area contributed by atoms with Crippen molar-refractivity contribution in [1.82, 2.24) is 4.90 Å². The van der Waals surface area contributed by atoms with Crippen LogP contribution in [0.5, 0.6) is 0 Å². The van der Waals surface area contributed by atoms with Crippen LogP contribution in [-0.2, 0) is 0 Å². The third-order valence-electron chi connectivity index (χ3n) is 9.36. The monoisotopic (exact) mass is 451 g/mol. The van der Waals surface area contributed by atoms with E-state index in [-0.39, 0.29) is 0 Å². The molecule has 0 spiro atoms. The van der Waals surface area contributed by atoms with E-state index in [1.165, 1.54) is 37.7 Å². The van der Waals surface area contributed by atoms with E-state index in [4.69, 9.17) is 0 Å². The molecule has 1 aliphatic heterocycles. The Balaban J connectivity index is 1.37. The van der Waals surface area contributed by atoms with Crippen LogP contribution in [0.1, 0.15) is 78.1 Å². The topological polar surface area (TPSA) is 43.7 Å². The highest BCUT2D eigenvalue weighted by atomic mass is 19.3. The van der Waals surface area contributed by atoms with E-state index in [1.54, 1.807) is 5.57 Å². The van der Waals surface area contributed by atoms with Crippen molar-refractivity contribution in [2.24, 2.45) is 29.1 Å². The Morgan fingerprint density at radius 3 is 2.56 bits per heavy atom. The van der Waals surface area contributed by atoms with E-state index < -0.39 is 24.6 Å². The second-order valence-electron chi connectivity index (χ2n) is 11.6. The first-order valence-electron chi connectivity index (χ1n) is 13.0. The SMILES string of the molecule is CC(CCN1CC[C@H](C(F)F)C1)[C@H]1CC[C@H]2/C(=C/C=C3C[C@@H](O)C[C@H](O)C3)CCC[C@]12C. The van der Waals surface area contributed by atoms with Gasteiger partial charge < -0.3 is 15.1 Å². The Morgan fingerprint density at radius 2 is 1.88 bits per heavy atom. The number of likely N-dealkylation sites (tertiary alicyclic amines) is 1. The minimum atomic E-state index is -2.17. The maximum absolute atomic E-state index is 13.0. The van der Waals surface area contributed by atoms with Crippen LogP contribution in [0.15, 0.2) is 23.3 Å². The number of rotatable bonds is 6. The van der Waals surface area contributed by atoms with Gasteiger partial charge in [0, 0.05) is 12.5 Å². The number of alkyl halides is 2. The smallest absolute Gasteiger partial charge is 0.242 e. The van der Waals surface area contributed by atoms with Crippen molar-refractivity contribution >= 4 is 0 Å². The number of aliphatic hydroxyl groups is 2. The highest BCUT2D eigenvalue weighted by Gasteiger charge is 2.50. The fourth-order valence-electron chi connectivity index (χ4n) is 7.60. The molecule has 32 heavy (non-hydrogen) atoms. The highest BCUT2D eigenvalue weighted by molar-refractivity contribution is 5.26. The summed E-state index contributed by atoms with van der Waals surface area (Å²) in [5, 5.41) is 20.0. The second-order valence-corrected chi connectivity index (χ2v) is 11.6. The summed E-state index contributed by atoms with van der Waals surface area (Å²) in [5.41, 5.74) is 3.07. The molecule has 3 aliphatic carbocycles. The van der Waals surface area contributed by atoms with Gasteiger partial charge in [-0.3, -0.25) is 0 Å². The van der Waals surface area contributed by atoms with Crippen molar-refractivity contribution in [3.05, 3.63) is 23.3 Å². The van der Waals surface area contributed by atoms with Crippen molar-refractivity contribution in [3.8, 4) is 0 Å². The van der Waals surface area contributed by atoms with Gasteiger partial charge in [-0.1, -0.05) is 37.1 Å². The molecule has 182 valence electrons. The molecule has 1 saturated heterocycles. The molecule has 0 amide bonds. The molecule has 7 atom stereocenters. The fourth-order valence-corrected chi connectivity index (χ4v) is 7.60. The van der Waals surface area contributed by atoms with Crippen LogP contribution in [0, 0.1) is 29.1 Å². The molecule has 0 radical (unpaired) electrons. The molecule has 1 heterocycles. The molecule has 0 aromatic rings. The van der Waals surface area contributed by atoms with Crippen LogP contribution in [0.4, 0.5) is 8.78 Å². The lowest BCUT2D eigenvalue weighted by Gasteiger charge is -2.44. The zero-order valence-corrected chi connectivity index (χ0v) is 20.0. The molecule has 4 rings (SSSR count). The summed E-state index contributed by atoms with van der Waals surface area (Å²) in [6, 6.07) is 0. The largest absolute Gasteiger partial charge is 0.393 e. The molecule has 5 heteroatoms. The van der Waals surface area contributed by atoms with Crippen LogP contribution in [0.3, 0.4) is 0 Å². The normalized spacial score (nSPS) is 40.8. The Labute approximate surface area is 193 Å². The second kappa shape index (κ2) is 10.2. The summed E-state index contributed by atoms with van der Waals surface area (Å²) in [7, 11) is 0. The molecular formula is C27H43F2NO2. The van der Waals surface area contributed by atoms with Gasteiger partial charge in [0.05, 0.1) is 12.2 Å². The highest BCUT2D eigenvalue weighted by Crippen LogP contribution is 2.59. The third kappa shape index (κ3) is 5.31. The predicted molar refractivity (Wildman–Crippen MR) is 125 cm³/mol. The minimum Gasteiger partial charge on any atom is -0.393 e. The van der Waals surface area contributed by atoms with E-state index in [9.17, 15) is 19.0 Å².